The van der Waals surface area contributed by atoms with Gasteiger partial charge in [0.05, 0.1) is 18.1 Å². The van der Waals surface area contributed by atoms with Gasteiger partial charge in [-0.05, 0) is 37.7 Å². The summed E-state index contributed by atoms with van der Waals surface area (Å²) in [5.74, 6) is -0.302. The van der Waals surface area contributed by atoms with E-state index in [0.717, 1.165) is 40.0 Å². The van der Waals surface area contributed by atoms with Gasteiger partial charge >= 0.3 is 0 Å². The Hall–Kier alpha value is -2.69. The lowest BCUT2D eigenvalue weighted by Crippen LogP contribution is -2.38. The van der Waals surface area contributed by atoms with Crippen molar-refractivity contribution in [1.82, 2.24) is 9.99 Å². The smallest absolute Gasteiger partial charge is 0.254 e. The monoisotopic (exact) mass is 333 g/mol. The average molecular weight is 333 g/mol. The van der Waals surface area contributed by atoms with Gasteiger partial charge in [0.15, 0.2) is 0 Å². The molecule has 2 fully saturated rings. The van der Waals surface area contributed by atoms with Crippen LogP contribution in [0.15, 0.2) is 41.5 Å². The quantitative estimate of drug-likeness (QED) is 0.521. The Morgan fingerprint density at radius 1 is 1.08 bits per heavy atom. The fourth-order valence-corrected chi connectivity index (χ4v) is 4.75. The maximum Gasteiger partial charge on any atom is 0.254 e. The van der Waals surface area contributed by atoms with Crippen LogP contribution < -0.4 is 0 Å². The number of benzene rings is 1. The number of allylic oxidation sites excluding steroid dienone is 2. The molecule has 0 spiro atoms. The first-order chi connectivity index (χ1) is 12.1. The fraction of sp³-hybridized carbons (Fsp3) is 0.350. The molecule has 1 aromatic heterocycles. The molecule has 1 saturated heterocycles. The van der Waals surface area contributed by atoms with Crippen molar-refractivity contribution < 1.29 is 9.59 Å². The van der Waals surface area contributed by atoms with Crippen LogP contribution in [0.3, 0.4) is 0 Å². The Bertz CT molecular complexity index is 923. The van der Waals surface area contributed by atoms with Crippen LogP contribution in [0, 0.1) is 30.6 Å². The Labute approximate surface area is 145 Å². The number of H-pyrrole nitrogens is 1. The van der Waals surface area contributed by atoms with Gasteiger partial charge in [-0.15, -0.1) is 0 Å². The third kappa shape index (κ3) is 1.98. The Morgan fingerprint density at radius 2 is 1.72 bits per heavy atom. The van der Waals surface area contributed by atoms with E-state index in [1.165, 1.54) is 0 Å². The number of fused-ring (bicyclic) bond motifs is 2. The molecule has 0 unspecified atom stereocenters. The number of carbonyl (C=O) groups is 2. The van der Waals surface area contributed by atoms with Crippen molar-refractivity contribution in [2.45, 2.75) is 19.8 Å². The lowest BCUT2D eigenvalue weighted by molar-refractivity contribution is -0.140. The maximum absolute atomic E-state index is 12.8. The number of aromatic amines is 1. The number of hydrogen-bond acceptors (Lipinski definition) is 3. The first-order valence-corrected chi connectivity index (χ1v) is 8.82. The summed E-state index contributed by atoms with van der Waals surface area (Å²) in [6.07, 6.45) is 7.90. The molecule has 0 radical (unpaired) electrons. The molecular formula is C20H19N3O2. The molecule has 4 atom stereocenters. The first kappa shape index (κ1) is 14.6. The highest BCUT2D eigenvalue weighted by molar-refractivity contribution is 6.07. The zero-order valence-electron chi connectivity index (χ0n) is 14.0. The number of hydrazone groups is 1. The minimum atomic E-state index is -0.211. The summed E-state index contributed by atoms with van der Waals surface area (Å²) in [6.45, 7) is 1.97. The van der Waals surface area contributed by atoms with Crippen LogP contribution in [0.5, 0.6) is 0 Å². The van der Waals surface area contributed by atoms with Gasteiger partial charge in [0.1, 0.15) is 0 Å². The summed E-state index contributed by atoms with van der Waals surface area (Å²) in [5, 5.41) is 6.48. The van der Waals surface area contributed by atoms with Crippen molar-refractivity contribution in [2.24, 2.45) is 28.8 Å². The highest BCUT2D eigenvalue weighted by Gasteiger charge is 2.56. The molecule has 1 aliphatic heterocycles. The number of aromatic nitrogens is 1. The van der Waals surface area contributed by atoms with Crippen LogP contribution >= 0.6 is 0 Å². The second-order valence-corrected chi connectivity index (χ2v) is 7.28. The zero-order chi connectivity index (χ0) is 17.1. The molecule has 2 bridgehead atoms. The largest absolute Gasteiger partial charge is 0.358 e. The summed E-state index contributed by atoms with van der Waals surface area (Å²) >= 11 is 0. The summed E-state index contributed by atoms with van der Waals surface area (Å²) in [7, 11) is 0. The van der Waals surface area contributed by atoms with Crippen molar-refractivity contribution in [1.29, 1.82) is 0 Å². The van der Waals surface area contributed by atoms with Crippen LogP contribution in [-0.2, 0) is 9.59 Å². The van der Waals surface area contributed by atoms with Gasteiger partial charge in [-0.25, -0.2) is 0 Å². The number of amides is 2. The van der Waals surface area contributed by atoms with E-state index in [9.17, 15) is 9.59 Å². The maximum atomic E-state index is 12.8. The molecule has 4 aliphatic rings. The summed E-state index contributed by atoms with van der Waals surface area (Å²) in [5.41, 5.74) is 2.92. The second-order valence-electron chi connectivity index (χ2n) is 7.28. The normalized spacial score (nSPS) is 30.8. The number of para-hydroxylation sites is 1. The topological polar surface area (TPSA) is 65.5 Å². The Balaban J connectivity index is 1.50. The molecular weight excluding hydrogens is 314 g/mol. The number of nitrogens with zero attached hydrogens (tertiary/aromatic N) is 2. The lowest BCUT2D eigenvalue weighted by atomic mass is 9.63. The van der Waals surface area contributed by atoms with Gasteiger partial charge < -0.3 is 4.98 Å². The molecule has 5 heteroatoms. The summed E-state index contributed by atoms with van der Waals surface area (Å²) in [4.78, 5) is 28.9. The number of aryl methyl sites for hydroxylation is 1. The molecule has 2 aromatic rings. The van der Waals surface area contributed by atoms with Gasteiger partial charge in [-0.1, -0.05) is 30.4 Å². The molecule has 2 amide bonds. The van der Waals surface area contributed by atoms with Crippen LogP contribution in [-0.4, -0.2) is 28.0 Å². The van der Waals surface area contributed by atoms with Gasteiger partial charge in [-0.3, -0.25) is 9.59 Å². The van der Waals surface area contributed by atoms with Crippen molar-refractivity contribution in [2.75, 3.05) is 0 Å². The molecule has 1 aromatic carbocycles. The van der Waals surface area contributed by atoms with E-state index in [-0.39, 0.29) is 35.5 Å². The summed E-state index contributed by atoms with van der Waals surface area (Å²) < 4.78 is 0. The predicted molar refractivity (Wildman–Crippen MR) is 94.8 cm³/mol. The van der Waals surface area contributed by atoms with Crippen LogP contribution in [0.1, 0.15) is 24.1 Å². The Morgan fingerprint density at radius 3 is 2.36 bits per heavy atom. The van der Waals surface area contributed by atoms with E-state index in [0.29, 0.717) is 0 Å². The SMILES string of the molecule is Cc1[nH]c2ccccc2c1/C=N\N1C(=O)[C@H]2[C@H](C1=O)[C@H]1C=C[C@H]2CC1. The lowest BCUT2D eigenvalue weighted by Gasteiger charge is -2.37. The van der Waals surface area contributed by atoms with Crippen LogP contribution in [0.4, 0.5) is 0 Å². The number of imide groups is 1. The first-order valence-electron chi connectivity index (χ1n) is 8.82. The molecule has 1 saturated carbocycles. The van der Waals surface area contributed by atoms with Gasteiger partial charge in [-0.2, -0.15) is 10.1 Å². The fourth-order valence-electron chi connectivity index (χ4n) is 4.75. The number of rotatable bonds is 2. The number of hydrogen-bond donors (Lipinski definition) is 1. The van der Waals surface area contributed by atoms with E-state index in [4.69, 9.17) is 0 Å². The molecule has 2 heterocycles. The van der Waals surface area contributed by atoms with E-state index in [1.807, 2.05) is 31.2 Å². The van der Waals surface area contributed by atoms with E-state index in [2.05, 4.69) is 22.2 Å². The minimum Gasteiger partial charge on any atom is -0.358 e. The van der Waals surface area contributed by atoms with Gasteiger partial charge in [0.25, 0.3) is 11.8 Å². The summed E-state index contributed by atoms with van der Waals surface area (Å²) in [6, 6.07) is 7.96. The molecule has 1 N–H and O–H groups in total. The van der Waals surface area contributed by atoms with E-state index < -0.39 is 0 Å². The molecule has 25 heavy (non-hydrogen) atoms. The highest BCUT2D eigenvalue weighted by atomic mass is 16.2. The highest BCUT2D eigenvalue weighted by Crippen LogP contribution is 2.49. The third-order valence-corrected chi connectivity index (χ3v) is 5.98. The third-order valence-electron chi connectivity index (χ3n) is 5.98. The Kier molecular flexibility index (Phi) is 3.02. The molecule has 5 nitrogen and oxygen atoms in total. The van der Waals surface area contributed by atoms with Crippen molar-refractivity contribution in [3.63, 3.8) is 0 Å². The molecule has 6 rings (SSSR count). The van der Waals surface area contributed by atoms with Crippen LogP contribution in [0.2, 0.25) is 0 Å². The van der Waals surface area contributed by atoms with Gasteiger partial charge in [0, 0.05) is 22.2 Å². The standard InChI is InChI=1S/C20H19N3O2/c1-11-15(14-4-2-3-5-16(14)22-11)10-21-23-19(24)17-12-6-7-13(9-8-12)18(17)20(23)25/h2-7,10,12-13,17-18,22H,8-9H2,1H3/b21-10-/t12-,13-,17+,18+/m0/s1. The number of carbonyl (C=O) groups excluding carboxylic acids is 2. The average Bonchev–Trinajstić information content (AvgIpc) is 3.10. The van der Waals surface area contributed by atoms with Crippen molar-refractivity contribution in [3.8, 4) is 0 Å². The van der Waals surface area contributed by atoms with Crippen molar-refractivity contribution in [3.05, 3.63) is 47.7 Å². The minimum absolute atomic E-state index is 0.136. The molecule has 126 valence electrons. The predicted octanol–water partition coefficient (Wildman–Crippen LogP) is 3.01. The van der Waals surface area contributed by atoms with E-state index >= 15 is 0 Å². The van der Waals surface area contributed by atoms with Gasteiger partial charge in [0.2, 0.25) is 0 Å². The molecule has 3 aliphatic carbocycles. The zero-order valence-corrected chi connectivity index (χ0v) is 14.0. The van der Waals surface area contributed by atoms with E-state index in [1.54, 1.807) is 6.21 Å². The number of nitrogens with one attached hydrogen (secondary N) is 1. The van der Waals surface area contributed by atoms with Crippen molar-refractivity contribution >= 4 is 28.9 Å². The van der Waals surface area contributed by atoms with Crippen LogP contribution in [0.25, 0.3) is 10.9 Å². The second kappa shape index (κ2) is 5.15.